The number of pyridine rings is 1. The summed E-state index contributed by atoms with van der Waals surface area (Å²) in [5, 5.41) is 0. The van der Waals surface area contributed by atoms with E-state index in [2.05, 4.69) is 263 Å². The van der Waals surface area contributed by atoms with Gasteiger partial charge in [0.25, 0.3) is 0 Å². The molecule has 0 atom stereocenters. The fourth-order valence-corrected chi connectivity index (χ4v) is 13.2. The van der Waals surface area contributed by atoms with Gasteiger partial charge in [-0.05, 0) is 133 Å². The molecule has 0 saturated carbocycles. The molecule has 8 aromatic carbocycles. The van der Waals surface area contributed by atoms with E-state index in [1.807, 2.05) is 10.8 Å². The number of aromatic nitrogens is 3. The minimum absolute atomic E-state index is 0. The Morgan fingerprint density at radius 1 is 0.446 bits per heavy atom. The average molecular weight is 1140 g/mol. The molecule has 2 aromatic heterocycles. The third-order valence-corrected chi connectivity index (χ3v) is 16.6. The van der Waals surface area contributed by atoms with Gasteiger partial charge >= 0.3 is 0 Å². The number of benzene rings is 8. The number of fused-ring (bicyclic) bond motifs is 9. The quantitative estimate of drug-likeness (QED) is 0.120. The van der Waals surface area contributed by atoms with Crippen molar-refractivity contribution < 1.29 is 25.6 Å². The van der Waals surface area contributed by atoms with E-state index in [9.17, 15) is 0 Å². The van der Waals surface area contributed by atoms with Crippen molar-refractivity contribution in [2.45, 2.75) is 84.1 Å². The molecule has 13 rings (SSSR count). The van der Waals surface area contributed by atoms with Crippen molar-refractivity contribution in [1.82, 2.24) is 9.55 Å². The molecular weight excluding hydrogens is 1080 g/mol. The summed E-state index contributed by atoms with van der Waals surface area (Å²) in [6, 6.07) is 69.2. The molecule has 366 valence electrons. The Hall–Kier alpha value is -7.19. The topological polar surface area (TPSA) is 21.7 Å². The van der Waals surface area contributed by atoms with Crippen LogP contribution >= 0.6 is 0 Å². The zero-order chi connectivity index (χ0) is 50.3. The minimum atomic E-state index is -0.837. The third kappa shape index (κ3) is 6.61. The number of aryl methyl sites for hydroxylation is 7. The predicted molar refractivity (Wildman–Crippen MR) is 295 cm³/mol. The molecule has 0 amide bonds. The monoisotopic (exact) mass is 1140 g/mol. The van der Waals surface area contributed by atoms with Gasteiger partial charge in [-0.3, -0.25) is 4.98 Å². The molecule has 0 radical (unpaired) electrons. The van der Waals surface area contributed by atoms with Crippen molar-refractivity contribution in [3.63, 3.8) is 0 Å². The number of nitrogens with zero attached hydrogens (tertiary/aromatic N) is 3. The predicted octanol–water partition coefficient (Wildman–Crippen LogP) is 14.8. The van der Waals surface area contributed by atoms with Crippen LogP contribution in [0.5, 0.6) is 0 Å². The zero-order valence-corrected chi connectivity index (χ0v) is 46.2. The second-order valence-electron chi connectivity index (χ2n) is 22.5. The summed E-state index contributed by atoms with van der Waals surface area (Å²) in [6.45, 7) is 20.2. The molecule has 2 heterocycles. The summed E-state index contributed by atoms with van der Waals surface area (Å²) in [7, 11) is 2.06. The van der Waals surface area contributed by atoms with Crippen LogP contribution in [0.4, 0.5) is 0 Å². The van der Waals surface area contributed by atoms with Crippen molar-refractivity contribution in [3.05, 3.63) is 295 Å². The third-order valence-electron chi connectivity index (χ3n) is 16.6. The Labute approximate surface area is 451 Å². The van der Waals surface area contributed by atoms with Crippen LogP contribution in [0.15, 0.2) is 176 Å². The maximum atomic E-state index is 5.45. The number of hydrogen-bond donors (Lipinski definition) is 0. The molecule has 3 aliphatic carbocycles. The van der Waals surface area contributed by atoms with Crippen molar-refractivity contribution in [1.29, 1.82) is 0 Å². The SMILES string of the molecule is Cc1ccc2c(c1)C(c1[c-]c(C3(c4cc(C(C)(C)C)ccn4)c4cc(C)ccc4-c4ccc(C)cc43)ccc1)(c1[c-]c(C3(n4[c-][n+](C)cc4)c4cc(C)ccc4-c4ccc(C)cc43)ccc1)c1cc(C)ccc1-2.[Pt]. The van der Waals surface area contributed by atoms with E-state index in [0.29, 0.717) is 0 Å². The second-order valence-corrected chi connectivity index (χ2v) is 22.5. The molecule has 0 unspecified atom stereocenters. The van der Waals surface area contributed by atoms with Gasteiger partial charge in [0, 0.05) is 43.8 Å². The maximum absolute atomic E-state index is 5.45. The van der Waals surface area contributed by atoms with Gasteiger partial charge in [-0.25, -0.2) is 0 Å². The first-order valence-electron chi connectivity index (χ1n) is 25.8. The molecule has 74 heavy (non-hydrogen) atoms. The Bertz CT molecular complexity index is 3800. The van der Waals surface area contributed by atoms with Gasteiger partial charge in [-0.2, -0.15) is 48.5 Å². The van der Waals surface area contributed by atoms with Crippen molar-refractivity contribution in [2.75, 3.05) is 0 Å². The van der Waals surface area contributed by atoms with Gasteiger partial charge in [-0.15, -0.1) is 22.3 Å². The van der Waals surface area contributed by atoms with Gasteiger partial charge in [0.2, 0.25) is 6.33 Å². The maximum Gasteiger partial charge on any atom is 0.204 e. The first-order chi connectivity index (χ1) is 35.1. The van der Waals surface area contributed by atoms with Crippen molar-refractivity contribution in [2.24, 2.45) is 7.05 Å². The number of hydrogen-bond acceptors (Lipinski definition) is 1. The van der Waals surface area contributed by atoms with Gasteiger partial charge in [-0.1, -0.05) is 163 Å². The van der Waals surface area contributed by atoms with E-state index in [4.69, 9.17) is 4.98 Å². The largest absolute Gasteiger partial charge is 0.354 e. The van der Waals surface area contributed by atoms with Crippen LogP contribution in [0.2, 0.25) is 0 Å². The molecule has 3 nitrogen and oxygen atoms in total. The first-order valence-corrected chi connectivity index (χ1v) is 25.8. The zero-order valence-electron chi connectivity index (χ0n) is 43.9. The summed E-state index contributed by atoms with van der Waals surface area (Å²) in [5.74, 6) is 0. The van der Waals surface area contributed by atoms with Crippen LogP contribution in [0, 0.1) is 60.0 Å². The van der Waals surface area contributed by atoms with E-state index < -0.39 is 16.4 Å². The Kier molecular flexibility index (Phi) is 10.9. The summed E-state index contributed by atoms with van der Waals surface area (Å²) >= 11 is 0. The van der Waals surface area contributed by atoms with Gasteiger partial charge in [0.1, 0.15) is 5.54 Å². The standard InChI is InChI=1S/C70H59N3.Pt/c1-43-17-23-54-55-24-18-44(2)34-61(55)68(60(54)33-43,51-14-12-16-53(40-51)70(73-32-31-72(10)42-73)64-37-47(5)21-27-58(64)59-28-22-48(6)38-65(59)70)50-13-11-15-52(39-50)69(66-41-49(29-30-71-66)67(7,8)9)62-35-45(3)19-25-56(62)57-26-20-46(4)36-63(57)69;/h11-38,41H,1-10H3;/q-2;. The van der Waals surface area contributed by atoms with Crippen LogP contribution in [-0.4, -0.2) is 9.55 Å². The van der Waals surface area contributed by atoms with Gasteiger partial charge in [0.15, 0.2) is 0 Å². The van der Waals surface area contributed by atoms with E-state index in [0.717, 1.165) is 27.9 Å². The second kappa shape index (κ2) is 16.9. The minimum Gasteiger partial charge on any atom is -0.354 e. The molecule has 0 fully saturated rings. The van der Waals surface area contributed by atoms with E-state index in [1.54, 1.807) is 0 Å². The Morgan fingerprint density at radius 3 is 1.22 bits per heavy atom. The van der Waals surface area contributed by atoms with E-state index in [1.165, 1.54) is 106 Å². The average Bonchev–Trinajstić information content (AvgIpc) is 4.09. The van der Waals surface area contributed by atoms with Crippen LogP contribution in [0.3, 0.4) is 0 Å². The van der Waals surface area contributed by atoms with E-state index >= 15 is 0 Å². The van der Waals surface area contributed by atoms with Crippen LogP contribution in [-0.2, 0) is 49.9 Å². The first kappa shape index (κ1) is 47.8. The number of imidazole rings is 1. The van der Waals surface area contributed by atoms with Crippen molar-refractivity contribution in [3.8, 4) is 33.4 Å². The molecule has 0 N–H and O–H groups in total. The fourth-order valence-electron chi connectivity index (χ4n) is 13.2. The molecule has 3 aliphatic rings. The van der Waals surface area contributed by atoms with Crippen LogP contribution in [0.1, 0.15) is 121 Å². The summed E-state index contributed by atoms with van der Waals surface area (Å²) in [4.78, 5) is 5.45. The Morgan fingerprint density at radius 2 is 0.811 bits per heavy atom. The molecular formula is C70H59N3Pt-2. The number of rotatable bonds is 6. The van der Waals surface area contributed by atoms with Gasteiger partial charge < -0.3 is 9.13 Å². The van der Waals surface area contributed by atoms with Crippen LogP contribution < -0.4 is 4.57 Å². The van der Waals surface area contributed by atoms with Crippen LogP contribution in [0.25, 0.3) is 33.4 Å². The van der Waals surface area contributed by atoms with Gasteiger partial charge in [0.05, 0.1) is 18.2 Å². The fraction of sp³-hybridized carbons (Fsp3) is 0.200. The molecule has 4 heteroatoms. The van der Waals surface area contributed by atoms with Crippen molar-refractivity contribution >= 4 is 0 Å². The smallest absolute Gasteiger partial charge is 0.204 e. The molecule has 0 bridgehead atoms. The molecule has 0 saturated heterocycles. The molecule has 10 aromatic rings. The molecule has 0 aliphatic heterocycles. The summed E-state index contributed by atoms with van der Waals surface area (Å²) in [5.41, 5.74) is 26.1. The summed E-state index contributed by atoms with van der Waals surface area (Å²) in [6.07, 6.45) is 10.1. The normalized spacial score (nSPS) is 14.8. The van der Waals surface area contributed by atoms with E-state index in [-0.39, 0.29) is 26.5 Å². The molecule has 0 spiro atoms. The Balaban J connectivity index is 0.00000556. The summed E-state index contributed by atoms with van der Waals surface area (Å²) < 4.78 is 4.34.